The third kappa shape index (κ3) is 3.43. The molecule has 0 radical (unpaired) electrons. The Hall–Kier alpha value is -2.79. The normalized spacial score (nSPS) is 17.3. The van der Waals surface area contributed by atoms with Crippen molar-refractivity contribution in [3.8, 4) is 17.1 Å². The first-order chi connectivity index (χ1) is 13.0. The number of fused-ring (bicyclic) bond motifs is 1. The Bertz CT molecular complexity index is 1040. The van der Waals surface area contributed by atoms with Crippen LogP contribution in [-0.2, 0) is 0 Å². The van der Waals surface area contributed by atoms with E-state index >= 15 is 0 Å². The van der Waals surface area contributed by atoms with Crippen molar-refractivity contribution < 1.29 is 9.15 Å². The molecule has 27 heavy (non-hydrogen) atoms. The van der Waals surface area contributed by atoms with Gasteiger partial charge >= 0.3 is 0 Å². The number of ether oxygens (including phenoxy) is 1. The zero-order valence-corrected chi connectivity index (χ0v) is 15.9. The molecule has 1 aliphatic heterocycles. The Morgan fingerprint density at radius 3 is 2.78 bits per heavy atom. The number of benzene rings is 2. The van der Waals surface area contributed by atoms with Crippen molar-refractivity contribution in [3.63, 3.8) is 0 Å². The van der Waals surface area contributed by atoms with Crippen molar-refractivity contribution in [2.45, 2.75) is 19.9 Å². The molecule has 1 aromatic heterocycles. The molecule has 5 heteroatoms. The van der Waals surface area contributed by atoms with Crippen LogP contribution < -0.4 is 20.4 Å². The van der Waals surface area contributed by atoms with Gasteiger partial charge < -0.3 is 19.4 Å². The van der Waals surface area contributed by atoms with Crippen molar-refractivity contribution in [1.29, 1.82) is 0 Å². The molecule has 0 unspecified atom stereocenters. The number of methoxy groups -OCH3 is 1. The van der Waals surface area contributed by atoms with E-state index in [0.29, 0.717) is 22.8 Å². The molecule has 140 valence electrons. The Morgan fingerprint density at radius 1 is 1.19 bits per heavy atom. The fraction of sp³-hybridized carbons (Fsp3) is 0.318. The van der Waals surface area contributed by atoms with Crippen molar-refractivity contribution in [2.24, 2.45) is 0 Å². The fourth-order valence-corrected chi connectivity index (χ4v) is 3.68. The number of nitrogens with one attached hydrogen (secondary N) is 1. The van der Waals surface area contributed by atoms with Gasteiger partial charge in [-0.05, 0) is 55.8 Å². The van der Waals surface area contributed by atoms with Gasteiger partial charge in [-0.3, -0.25) is 4.79 Å². The van der Waals surface area contributed by atoms with E-state index in [-0.39, 0.29) is 5.43 Å². The van der Waals surface area contributed by atoms with Gasteiger partial charge in [0, 0.05) is 43.0 Å². The van der Waals surface area contributed by atoms with Crippen LogP contribution in [0.4, 0.5) is 5.69 Å². The summed E-state index contributed by atoms with van der Waals surface area (Å²) in [6, 6.07) is 13.7. The molecular formula is C22H24N2O3. The number of aryl methyl sites for hydroxylation is 1. The summed E-state index contributed by atoms with van der Waals surface area (Å²) >= 11 is 0. The van der Waals surface area contributed by atoms with E-state index < -0.39 is 0 Å². The van der Waals surface area contributed by atoms with Crippen LogP contribution in [0.25, 0.3) is 22.3 Å². The molecule has 3 aromatic rings. The SMILES string of the molecule is COc1ccc(-c2cc(=O)c3cc(N4CCN[C@H](C)C4)ccc3o2)cc1C. The molecule has 2 aromatic carbocycles. The first-order valence-electron chi connectivity index (χ1n) is 9.26. The lowest BCUT2D eigenvalue weighted by molar-refractivity contribution is 0.411. The molecule has 0 spiro atoms. The summed E-state index contributed by atoms with van der Waals surface area (Å²) in [4.78, 5) is 15.1. The smallest absolute Gasteiger partial charge is 0.193 e. The van der Waals surface area contributed by atoms with Crippen LogP contribution in [0.3, 0.4) is 0 Å². The highest BCUT2D eigenvalue weighted by Crippen LogP contribution is 2.28. The van der Waals surface area contributed by atoms with Crippen LogP contribution in [0, 0.1) is 6.92 Å². The van der Waals surface area contributed by atoms with Crippen LogP contribution >= 0.6 is 0 Å². The largest absolute Gasteiger partial charge is 0.496 e. The third-order valence-electron chi connectivity index (χ3n) is 5.12. The zero-order valence-electron chi connectivity index (χ0n) is 15.9. The number of rotatable bonds is 3. The molecule has 0 amide bonds. The summed E-state index contributed by atoms with van der Waals surface area (Å²) in [5.74, 6) is 1.39. The molecule has 1 saturated heterocycles. The fourth-order valence-electron chi connectivity index (χ4n) is 3.68. The average Bonchev–Trinajstić information content (AvgIpc) is 2.67. The average molecular weight is 364 g/mol. The second-order valence-corrected chi connectivity index (χ2v) is 7.14. The van der Waals surface area contributed by atoms with Gasteiger partial charge in [0.1, 0.15) is 17.1 Å². The summed E-state index contributed by atoms with van der Waals surface area (Å²) in [5, 5.41) is 4.06. The number of piperazine rings is 1. The third-order valence-corrected chi connectivity index (χ3v) is 5.12. The number of anilines is 1. The van der Waals surface area contributed by atoms with Gasteiger partial charge in [0.05, 0.1) is 12.5 Å². The molecule has 1 atom stereocenters. The van der Waals surface area contributed by atoms with Crippen molar-refractivity contribution >= 4 is 16.7 Å². The maximum absolute atomic E-state index is 12.8. The van der Waals surface area contributed by atoms with Crippen LogP contribution in [0.5, 0.6) is 5.75 Å². The number of hydrogen-bond acceptors (Lipinski definition) is 5. The molecule has 0 bridgehead atoms. The van der Waals surface area contributed by atoms with Crippen LogP contribution in [0.15, 0.2) is 51.7 Å². The predicted octanol–water partition coefficient (Wildman–Crippen LogP) is 3.58. The lowest BCUT2D eigenvalue weighted by Gasteiger charge is -2.33. The van der Waals surface area contributed by atoms with Crippen LogP contribution in [-0.4, -0.2) is 32.8 Å². The monoisotopic (exact) mass is 364 g/mol. The highest BCUT2D eigenvalue weighted by Gasteiger charge is 2.17. The highest BCUT2D eigenvalue weighted by molar-refractivity contribution is 5.82. The van der Waals surface area contributed by atoms with E-state index in [2.05, 4.69) is 17.1 Å². The van der Waals surface area contributed by atoms with Gasteiger partial charge in [-0.2, -0.15) is 0 Å². The summed E-state index contributed by atoms with van der Waals surface area (Å²) in [5.41, 5.74) is 3.52. The molecule has 5 nitrogen and oxygen atoms in total. The molecule has 0 aliphatic carbocycles. The molecule has 1 aliphatic rings. The van der Waals surface area contributed by atoms with Gasteiger partial charge in [0.2, 0.25) is 0 Å². The summed E-state index contributed by atoms with van der Waals surface area (Å²) in [6.45, 7) is 6.96. The van der Waals surface area contributed by atoms with E-state index in [1.165, 1.54) is 0 Å². The van der Waals surface area contributed by atoms with Crippen LogP contribution in [0.1, 0.15) is 12.5 Å². The molecule has 0 saturated carbocycles. The molecule has 2 heterocycles. The minimum atomic E-state index is -0.0234. The van der Waals surface area contributed by atoms with E-state index in [9.17, 15) is 4.79 Å². The van der Waals surface area contributed by atoms with Crippen molar-refractivity contribution in [3.05, 3.63) is 58.3 Å². The maximum atomic E-state index is 12.8. The Morgan fingerprint density at radius 2 is 2.04 bits per heavy atom. The molecule has 4 rings (SSSR count). The second-order valence-electron chi connectivity index (χ2n) is 7.14. The Kier molecular flexibility index (Phi) is 4.62. The number of nitrogens with zero attached hydrogens (tertiary/aromatic N) is 1. The summed E-state index contributed by atoms with van der Waals surface area (Å²) < 4.78 is 11.4. The van der Waals surface area contributed by atoms with Gasteiger partial charge in [0.15, 0.2) is 5.43 Å². The topological polar surface area (TPSA) is 54.7 Å². The summed E-state index contributed by atoms with van der Waals surface area (Å²) in [6.07, 6.45) is 0. The lowest BCUT2D eigenvalue weighted by Crippen LogP contribution is -2.49. The standard InChI is InChI=1S/C22H24N2O3/c1-14-10-16(4-6-20(14)26-3)22-12-19(25)18-11-17(5-7-21(18)27-22)24-9-8-23-15(2)13-24/h4-7,10-12,15,23H,8-9,13H2,1-3H3/t15-/m1/s1. The van der Waals surface area contributed by atoms with Gasteiger partial charge in [0.25, 0.3) is 0 Å². The quantitative estimate of drug-likeness (QED) is 0.770. The van der Waals surface area contributed by atoms with Gasteiger partial charge in [-0.15, -0.1) is 0 Å². The Balaban J connectivity index is 1.73. The Labute approximate surface area is 158 Å². The van der Waals surface area contributed by atoms with E-state index in [1.54, 1.807) is 13.2 Å². The maximum Gasteiger partial charge on any atom is 0.193 e. The number of hydrogen-bond donors (Lipinski definition) is 1. The van der Waals surface area contributed by atoms with Crippen molar-refractivity contribution in [1.82, 2.24) is 5.32 Å². The predicted molar refractivity (Wildman–Crippen MR) is 109 cm³/mol. The zero-order chi connectivity index (χ0) is 19.0. The highest BCUT2D eigenvalue weighted by atomic mass is 16.5. The molecule has 1 fully saturated rings. The van der Waals surface area contributed by atoms with Crippen molar-refractivity contribution in [2.75, 3.05) is 31.6 Å². The van der Waals surface area contributed by atoms with E-state index in [4.69, 9.17) is 9.15 Å². The minimum absolute atomic E-state index is 0.0234. The molecule has 1 N–H and O–H groups in total. The first kappa shape index (κ1) is 17.6. The van der Waals surface area contributed by atoms with Gasteiger partial charge in [-0.25, -0.2) is 0 Å². The molecular weight excluding hydrogens is 340 g/mol. The summed E-state index contributed by atoms with van der Waals surface area (Å²) in [7, 11) is 1.65. The van der Waals surface area contributed by atoms with Crippen LogP contribution in [0.2, 0.25) is 0 Å². The minimum Gasteiger partial charge on any atom is -0.496 e. The lowest BCUT2D eigenvalue weighted by atomic mass is 10.1. The van der Waals surface area contributed by atoms with E-state index in [0.717, 1.165) is 42.2 Å². The second kappa shape index (κ2) is 7.08. The van der Waals surface area contributed by atoms with E-state index in [1.807, 2.05) is 43.3 Å². The first-order valence-corrected chi connectivity index (χ1v) is 9.26. The van der Waals surface area contributed by atoms with Gasteiger partial charge in [-0.1, -0.05) is 0 Å².